The number of amides is 2. The van der Waals surface area contributed by atoms with E-state index in [9.17, 15) is 14.0 Å². The highest BCUT2D eigenvalue weighted by Crippen LogP contribution is 2.27. The van der Waals surface area contributed by atoms with E-state index in [0.717, 1.165) is 5.56 Å². The van der Waals surface area contributed by atoms with Crippen LogP contribution in [0, 0.1) is 11.7 Å². The van der Waals surface area contributed by atoms with Crippen LogP contribution in [0.15, 0.2) is 72.8 Å². The van der Waals surface area contributed by atoms with Crippen molar-refractivity contribution in [3.05, 3.63) is 89.7 Å². The van der Waals surface area contributed by atoms with Crippen molar-refractivity contribution < 1.29 is 28.2 Å². The van der Waals surface area contributed by atoms with Crippen LogP contribution in [0.3, 0.4) is 0 Å². The first kappa shape index (κ1) is 28.5. The number of benzene rings is 3. The lowest BCUT2D eigenvalue weighted by atomic mass is 10.0. The van der Waals surface area contributed by atoms with E-state index in [0.29, 0.717) is 29.4 Å². The number of halogens is 1. The maximum absolute atomic E-state index is 14.7. The molecule has 202 valence electrons. The van der Waals surface area contributed by atoms with E-state index >= 15 is 0 Å². The van der Waals surface area contributed by atoms with Gasteiger partial charge < -0.3 is 24.4 Å². The Morgan fingerprint density at radius 2 is 1.50 bits per heavy atom. The fourth-order valence-corrected chi connectivity index (χ4v) is 3.88. The van der Waals surface area contributed by atoms with Crippen LogP contribution in [0.25, 0.3) is 0 Å². The van der Waals surface area contributed by atoms with Crippen molar-refractivity contribution in [3.8, 4) is 17.2 Å². The SMILES string of the molecule is COc1cc(OC)cc(OCC(=O)N(Cc2ccccc2F)[C@H](Cc2ccccc2)C(=O)NCC(C)C)c1. The smallest absolute Gasteiger partial charge is 0.261 e. The van der Waals surface area contributed by atoms with Crippen LogP contribution in [0.2, 0.25) is 0 Å². The molecule has 38 heavy (non-hydrogen) atoms. The molecule has 1 N–H and O–H groups in total. The van der Waals surface area contributed by atoms with Gasteiger partial charge in [-0.1, -0.05) is 62.4 Å². The van der Waals surface area contributed by atoms with E-state index in [1.165, 1.54) is 25.2 Å². The second-order valence-electron chi connectivity index (χ2n) is 9.29. The lowest BCUT2D eigenvalue weighted by Crippen LogP contribution is -2.52. The molecule has 3 aromatic carbocycles. The van der Waals surface area contributed by atoms with Gasteiger partial charge in [0.15, 0.2) is 6.61 Å². The summed E-state index contributed by atoms with van der Waals surface area (Å²) in [7, 11) is 3.04. The summed E-state index contributed by atoms with van der Waals surface area (Å²) in [5.41, 5.74) is 1.18. The third kappa shape index (κ3) is 8.23. The average molecular weight is 523 g/mol. The predicted octanol–water partition coefficient (Wildman–Crippen LogP) is 4.63. The van der Waals surface area contributed by atoms with Gasteiger partial charge in [-0.15, -0.1) is 0 Å². The minimum Gasteiger partial charge on any atom is -0.496 e. The number of carbonyl (C=O) groups excluding carboxylic acids is 2. The molecule has 7 nitrogen and oxygen atoms in total. The Bertz CT molecular complexity index is 1180. The van der Waals surface area contributed by atoms with Crippen LogP contribution in [-0.2, 0) is 22.6 Å². The van der Waals surface area contributed by atoms with E-state index in [1.54, 1.807) is 36.4 Å². The third-order valence-corrected chi connectivity index (χ3v) is 5.94. The van der Waals surface area contributed by atoms with E-state index in [4.69, 9.17) is 14.2 Å². The Morgan fingerprint density at radius 3 is 2.11 bits per heavy atom. The van der Waals surface area contributed by atoms with Gasteiger partial charge in [0, 0.05) is 43.3 Å². The van der Waals surface area contributed by atoms with Crippen molar-refractivity contribution in [2.75, 3.05) is 27.4 Å². The Morgan fingerprint density at radius 1 is 0.895 bits per heavy atom. The van der Waals surface area contributed by atoms with Crippen molar-refractivity contribution in [2.45, 2.75) is 32.9 Å². The molecule has 3 aromatic rings. The van der Waals surface area contributed by atoms with Gasteiger partial charge in [0.05, 0.1) is 14.2 Å². The minimum atomic E-state index is -0.883. The van der Waals surface area contributed by atoms with Crippen LogP contribution < -0.4 is 19.5 Å². The first-order valence-corrected chi connectivity index (χ1v) is 12.5. The zero-order chi connectivity index (χ0) is 27.5. The van der Waals surface area contributed by atoms with Gasteiger partial charge in [-0.25, -0.2) is 4.39 Å². The molecule has 0 saturated carbocycles. The second-order valence-corrected chi connectivity index (χ2v) is 9.29. The minimum absolute atomic E-state index is 0.0943. The molecule has 2 amide bonds. The Hall–Kier alpha value is -4.07. The largest absolute Gasteiger partial charge is 0.496 e. The molecule has 0 bridgehead atoms. The molecule has 0 unspecified atom stereocenters. The van der Waals surface area contributed by atoms with Gasteiger partial charge in [0.2, 0.25) is 5.91 Å². The Balaban J connectivity index is 1.92. The summed E-state index contributed by atoms with van der Waals surface area (Å²) in [5.74, 6) is 0.369. The molecule has 0 radical (unpaired) electrons. The van der Waals surface area contributed by atoms with Crippen molar-refractivity contribution in [3.63, 3.8) is 0 Å². The molecular weight excluding hydrogens is 487 g/mol. The Kier molecular flexibility index (Phi) is 10.5. The maximum atomic E-state index is 14.7. The van der Waals surface area contributed by atoms with Crippen LogP contribution >= 0.6 is 0 Å². The fraction of sp³-hybridized carbons (Fsp3) is 0.333. The topological polar surface area (TPSA) is 77.1 Å². The lowest BCUT2D eigenvalue weighted by molar-refractivity contribution is -0.142. The van der Waals surface area contributed by atoms with E-state index in [-0.39, 0.29) is 31.4 Å². The van der Waals surface area contributed by atoms with Crippen molar-refractivity contribution in [1.29, 1.82) is 0 Å². The number of methoxy groups -OCH3 is 2. The molecule has 8 heteroatoms. The molecule has 3 rings (SSSR count). The van der Waals surface area contributed by atoms with Crippen LogP contribution in [0.1, 0.15) is 25.0 Å². The molecule has 0 fully saturated rings. The van der Waals surface area contributed by atoms with Gasteiger partial charge >= 0.3 is 0 Å². The lowest BCUT2D eigenvalue weighted by Gasteiger charge is -2.31. The van der Waals surface area contributed by atoms with Gasteiger partial charge in [-0.05, 0) is 17.5 Å². The highest BCUT2D eigenvalue weighted by atomic mass is 19.1. The zero-order valence-corrected chi connectivity index (χ0v) is 22.3. The monoisotopic (exact) mass is 522 g/mol. The number of ether oxygens (including phenoxy) is 3. The predicted molar refractivity (Wildman–Crippen MR) is 144 cm³/mol. The average Bonchev–Trinajstić information content (AvgIpc) is 2.93. The molecule has 0 aliphatic carbocycles. The first-order chi connectivity index (χ1) is 18.3. The van der Waals surface area contributed by atoms with Gasteiger partial charge in [-0.3, -0.25) is 9.59 Å². The number of nitrogens with one attached hydrogen (secondary N) is 1. The molecule has 1 atom stereocenters. The summed E-state index contributed by atoms with van der Waals surface area (Å²) in [5, 5.41) is 2.94. The molecule has 0 saturated heterocycles. The van der Waals surface area contributed by atoms with Gasteiger partial charge in [0.25, 0.3) is 5.91 Å². The standard InChI is InChI=1S/C30H35FN2O5/c1-21(2)18-32-30(35)28(14-22-10-6-5-7-11-22)33(19-23-12-8-9-13-27(23)31)29(34)20-38-26-16-24(36-3)15-25(17-26)37-4/h5-13,15-17,21,28H,14,18-20H2,1-4H3,(H,32,35)/t28-/m1/s1. The normalized spacial score (nSPS) is 11.5. The molecule has 0 spiro atoms. The van der Waals surface area contributed by atoms with Crippen molar-refractivity contribution in [1.82, 2.24) is 10.2 Å². The number of carbonyl (C=O) groups is 2. The zero-order valence-electron chi connectivity index (χ0n) is 22.3. The Labute approximate surface area is 223 Å². The van der Waals surface area contributed by atoms with Gasteiger partial charge in [0.1, 0.15) is 29.1 Å². The number of nitrogens with zero attached hydrogens (tertiary/aromatic N) is 1. The quantitative estimate of drug-likeness (QED) is 0.354. The highest BCUT2D eigenvalue weighted by Gasteiger charge is 2.31. The molecule has 0 aliphatic heterocycles. The molecular formula is C30H35FN2O5. The summed E-state index contributed by atoms with van der Waals surface area (Å²) in [6.45, 7) is 3.97. The van der Waals surface area contributed by atoms with Crippen LogP contribution in [-0.4, -0.2) is 50.1 Å². The summed E-state index contributed by atoms with van der Waals surface area (Å²) in [6.07, 6.45) is 0.262. The number of hydrogen-bond donors (Lipinski definition) is 1. The fourth-order valence-electron chi connectivity index (χ4n) is 3.88. The summed E-state index contributed by atoms with van der Waals surface area (Å²) >= 11 is 0. The summed E-state index contributed by atoms with van der Waals surface area (Å²) < 4.78 is 31.0. The summed E-state index contributed by atoms with van der Waals surface area (Å²) in [6, 6.07) is 19.7. The molecule has 0 aliphatic rings. The van der Waals surface area contributed by atoms with Gasteiger partial charge in [-0.2, -0.15) is 0 Å². The molecule has 0 heterocycles. The molecule has 0 aromatic heterocycles. The highest BCUT2D eigenvalue weighted by molar-refractivity contribution is 5.88. The summed E-state index contributed by atoms with van der Waals surface area (Å²) in [4.78, 5) is 28.5. The number of hydrogen-bond acceptors (Lipinski definition) is 5. The van der Waals surface area contributed by atoms with Crippen molar-refractivity contribution >= 4 is 11.8 Å². The van der Waals surface area contributed by atoms with E-state index in [1.807, 2.05) is 44.2 Å². The van der Waals surface area contributed by atoms with E-state index in [2.05, 4.69) is 5.32 Å². The maximum Gasteiger partial charge on any atom is 0.261 e. The van der Waals surface area contributed by atoms with Crippen molar-refractivity contribution in [2.24, 2.45) is 5.92 Å². The first-order valence-electron chi connectivity index (χ1n) is 12.5. The third-order valence-electron chi connectivity index (χ3n) is 5.94. The van der Waals surface area contributed by atoms with Crippen LogP contribution in [0.4, 0.5) is 4.39 Å². The van der Waals surface area contributed by atoms with E-state index < -0.39 is 17.8 Å². The van der Waals surface area contributed by atoms with Crippen LogP contribution in [0.5, 0.6) is 17.2 Å². The number of rotatable bonds is 13. The second kappa shape index (κ2) is 14.0.